The van der Waals surface area contributed by atoms with E-state index < -0.39 is 5.82 Å². The largest absolute Gasteiger partial charge is 0.351 e. The summed E-state index contributed by atoms with van der Waals surface area (Å²) in [6.45, 7) is 1.86. The maximum atomic E-state index is 13.7. The highest BCUT2D eigenvalue weighted by Gasteiger charge is 2.21. The summed E-state index contributed by atoms with van der Waals surface area (Å²) in [4.78, 5) is 16.1. The Kier molecular flexibility index (Phi) is 5.11. The van der Waals surface area contributed by atoms with Gasteiger partial charge in [-0.25, -0.2) is 15.2 Å². The van der Waals surface area contributed by atoms with Gasteiger partial charge in [0, 0.05) is 12.8 Å². The summed E-state index contributed by atoms with van der Waals surface area (Å²) in [5.41, 5.74) is 11.4. The van der Waals surface area contributed by atoms with Crippen molar-refractivity contribution in [2.45, 2.75) is 32.0 Å². The second-order valence-electron chi connectivity index (χ2n) is 5.36. The SMILES string of the molecule is CC(NC(=O)CCc1nc(-c2ccccc2F)no1)C1NNNN1. The molecule has 1 fully saturated rings. The van der Waals surface area contributed by atoms with Crippen LogP contribution in [-0.4, -0.2) is 28.3 Å². The van der Waals surface area contributed by atoms with E-state index in [9.17, 15) is 9.18 Å². The molecule has 1 amide bonds. The predicted molar refractivity (Wildman–Crippen MR) is 81.9 cm³/mol. The van der Waals surface area contributed by atoms with Gasteiger partial charge in [-0.2, -0.15) is 16.1 Å². The van der Waals surface area contributed by atoms with Crippen molar-refractivity contribution in [1.82, 2.24) is 37.4 Å². The van der Waals surface area contributed by atoms with Crippen LogP contribution in [0.3, 0.4) is 0 Å². The van der Waals surface area contributed by atoms with E-state index in [1.54, 1.807) is 18.2 Å². The number of hydrogen-bond donors (Lipinski definition) is 5. The van der Waals surface area contributed by atoms with Crippen LogP contribution in [0.4, 0.5) is 4.39 Å². The fraction of sp³-hybridized carbons (Fsp3) is 0.357. The lowest BCUT2D eigenvalue weighted by Gasteiger charge is -2.19. The number of benzene rings is 1. The smallest absolute Gasteiger partial charge is 0.227 e. The van der Waals surface area contributed by atoms with Gasteiger partial charge in [-0.3, -0.25) is 4.79 Å². The Morgan fingerprint density at radius 3 is 2.88 bits per heavy atom. The standard InChI is InChI=1S/C14H18FN7O2/c1-8(13-18-21-22-19-13)16-11(23)6-7-12-17-14(20-24-12)9-4-2-3-5-10(9)15/h2-5,8,13,18-19,21-22H,6-7H2,1H3,(H,16,23). The topological polar surface area (TPSA) is 116 Å². The molecule has 1 saturated heterocycles. The van der Waals surface area contributed by atoms with Gasteiger partial charge in [-0.05, 0) is 19.1 Å². The molecule has 0 aliphatic carbocycles. The summed E-state index contributed by atoms with van der Waals surface area (Å²) < 4.78 is 18.8. The molecule has 2 aromatic rings. The van der Waals surface area contributed by atoms with Crippen LogP contribution < -0.4 is 27.2 Å². The predicted octanol–water partition coefficient (Wildman–Crippen LogP) is -0.244. The number of halogens is 1. The van der Waals surface area contributed by atoms with Crippen molar-refractivity contribution < 1.29 is 13.7 Å². The summed E-state index contributed by atoms with van der Waals surface area (Å²) in [7, 11) is 0. The average molecular weight is 335 g/mol. The molecule has 24 heavy (non-hydrogen) atoms. The lowest BCUT2D eigenvalue weighted by atomic mass is 10.2. The third kappa shape index (κ3) is 3.92. The van der Waals surface area contributed by atoms with Crippen molar-refractivity contribution in [3.8, 4) is 11.4 Å². The monoisotopic (exact) mass is 335 g/mol. The Morgan fingerprint density at radius 2 is 2.12 bits per heavy atom. The van der Waals surface area contributed by atoms with E-state index in [2.05, 4.69) is 37.4 Å². The fourth-order valence-corrected chi connectivity index (χ4v) is 2.25. The second-order valence-corrected chi connectivity index (χ2v) is 5.36. The third-order valence-electron chi connectivity index (χ3n) is 3.56. The number of carbonyl (C=O) groups is 1. The zero-order valence-electron chi connectivity index (χ0n) is 13.0. The van der Waals surface area contributed by atoms with Gasteiger partial charge in [0.2, 0.25) is 17.6 Å². The van der Waals surface area contributed by atoms with Gasteiger partial charge in [0.25, 0.3) is 0 Å². The molecule has 1 aliphatic rings. The Balaban J connectivity index is 1.52. The molecular formula is C14H18FN7O2. The first-order chi connectivity index (χ1) is 11.6. The van der Waals surface area contributed by atoms with Crippen LogP contribution >= 0.6 is 0 Å². The van der Waals surface area contributed by atoms with E-state index in [0.717, 1.165) is 0 Å². The number of aromatic nitrogens is 2. The second kappa shape index (κ2) is 7.45. The molecule has 1 aliphatic heterocycles. The van der Waals surface area contributed by atoms with E-state index in [-0.39, 0.29) is 48.2 Å². The summed E-state index contributed by atoms with van der Waals surface area (Å²) >= 11 is 0. The first kappa shape index (κ1) is 16.5. The normalized spacial score (nSPS) is 16.2. The highest BCUT2D eigenvalue weighted by molar-refractivity contribution is 5.76. The Bertz CT molecular complexity index is 702. The number of hydrogen-bond acceptors (Lipinski definition) is 8. The van der Waals surface area contributed by atoms with Gasteiger partial charge in [0.15, 0.2) is 0 Å². The van der Waals surface area contributed by atoms with Crippen LogP contribution in [0, 0.1) is 5.82 Å². The van der Waals surface area contributed by atoms with Crippen LogP contribution in [-0.2, 0) is 11.2 Å². The fourth-order valence-electron chi connectivity index (χ4n) is 2.25. The maximum absolute atomic E-state index is 13.7. The molecule has 1 unspecified atom stereocenters. The summed E-state index contributed by atoms with van der Waals surface area (Å²) in [6.07, 6.45) is 0.337. The van der Waals surface area contributed by atoms with Crippen LogP contribution in [0.15, 0.2) is 28.8 Å². The highest BCUT2D eigenvalue weighted by Crippen LogP contribution is 2.19. The van der Waals surface area contributed by atoms with Gasteiger partial charge in [-0.1, -0.05) is 17.3 Å². The van der Waals surface area contributed by atoms with Crippen molar-refractivity contribution in [2.24, 2.45) is 0 Å². The quantitative estimate of drug-likeness (QED) is 0.491. The van der Waals surface area contributed by atoms with Crippen molar-refractivity contribution >= 4 is 5.91 Å². The molecule has 128 valence electrons. The first-order valence-electron chi connectivity index (χ1n) is 7.51. The van der Waals surface area contributed by atoms with Gasteiger partial charge in [0.05, 0.1) is 11.6 Å². The minimum atomic E-state index is -0.421. The molecule has 10 heteroatoms. The van der Waals surface area contributed by atoms with Crippen molar-refractivity contribution in [3.05, 3.63) is 36.0 Å². The van der Waals surface area contributed by atoms with Crippen LogP contribution in [0.25, 0.3) is 11.4 Å². The van der Waals surface area contributed by atoms with E-state index in [4.69, 9.17) is 4.52 Å². The minimum Gasteiger partial charge on any atom is -0.351 e. The highest BCUT2D eigenvalue weighted by atomic mass is 19.1. The van der Waals surface area contributed by atoms with Gasteiger partial charge >= 0.3 is 0 Å². The number of amides is 1. The number of hydrazine groups is 3. The zero-order chi connectivity index (χ0) is 16.9. The number of nitrogens with one attached hydrogen (secondary N) is 5. The number of nitrogens with zero attached hydrogens (tertiary/aromatic N) is 2. The molecule has 5 N–H and O–H groups in total. The molecule has 2 heterocycles. The molecule has 3 rings (SSSR count). The summed E-state index contributed by atoms with van der Waals surface area (Å²) in [5, 5.41) is 6.60. The molecule has 0 bridgehead atoms. The number of rotatable bonds is 6. The molecule has 0 saturated carbocycles. The zero-order valence-corrected chi connectivity index (χ0v) is 13.0. The Hall–Kier alpha value is -2.40. The lowest BCUT2D eigenvalue weighted by Crippen LogP contribution is -2.51. The molecule has 0 spiro atoms. The van der Waals surface area contributed by atoms with E-state index in [1.165, 1.54) is 6.07 Å². The Labute approximate surface area is 137 Å². The number of carbonyl (C=O) groups excluding carboxylic acids is 1. The van der Waals surface area contributed by atoms with Gasteiger partial charge < -0.3 is 9.84 Å². The Morgan fingerprint density at radius 1 is 1.38 bits per heavy atom. The minimum absolute atomic E-state index is 0.134. The van der Waals surface area contributed by atoms with E-state index in [0.29, 0.717) is 0 Å². The summed E-state index contributed by atoms with van der Waals surface area (Å²) in [6, 6.07) is 6.04. The van der Waals surface area contributed by atoms with Crippen molar-refractivity contribution in [3.63, 3.8) is 0 Å². The van der Waals surface area contributed by atoms with Crippen LogP contribution in [0.2, 0.25) is 0 Å². The van der Waals surface area contributed by atoms with E-state index >= 15 is 0 Å². The lowest BCUT2D eigenvalue weighted by molar-refractivity contribution is -0.122. The van der Waals surface area contributed by atoms with Gasteiger partial charge in [0.1, 0.15) is 12.0 Å². The van der Waals surface area contributed by atoms with Crippen molar-refractivity contribution in [1.29, 1.82) is 0 Å². The molecule has 0 radical (unpaired) electrons. The first-order valence-corrected chi connectivity index (χ1v) is 7.51. The van der Waals surface area contributed by atoms with Crippen molar-refractivity contribution in [2.75, 3.05) is 0 Å². The van der Waals surface area contributed by atoms with Crippen LogP contribution in [0.1, 0.15) is 19.2 Å². The molecule has 1 aromatic heterocycles. The van der Waals surface area contributed by atoms with Gasteiger partial charge in [-0.15, -0.1) is 0 Å². The maximum Gasteiger partial charge on any atom is 0.227 e. The third-order valence-corrected chi connectivity index (χ3v) is 3.56. The average Bonchev–Trinajstić information content (AvgIpc) is 3.25. The number of aryl methyl sites for hydroxylation is 1. The summed E-state index contributed by atoms with van der Waals surface area (Å²) in [5.74, 6) is -0.108. The molecule has 1 aromatic carbocycles. The molecule has 9 nitrogen and oxygen atoms in total. The molecule has 1 atom stereocenters. The van der Waals surface area contributed by atoms with Crippen LogP contribution in [0.5, 0.6) is 0 Å². The molecular weight excluding hydrogens is 317 g/mol. The van der Waals surface area contributed by atoms with E-state index in [1.807, 2.05) is 6.92 Å².